The van der Waals surface area contributed by atoms with Gasteiger partial charge in [0.25, 0.3) is 0 Å². The van der Waals surface area contributed by atoms with Gasteiger partial charge >= 0.3 is 5.97 Å². The third-order valence-electron chi connectivity index (χ3n) is 3.91. The quantitative estimate of drug-likeness (QED) is 0.624. The summed E-state index contributed by atoms with van der Waals surface area (Å²) < 4.78 is 12.0. The Morgan fingerprint density at radius 2 is 1.70 bits per heavy atom. The zero-order chi connectivity index (χ0) is 16.4. The Hall–Kier alpha value is -2.36. The van der Waals surface area contributed by atoms with Crippen LogP contribution in [0.4, 0.5) is 0 Å². The van der Waals surface area contributed by atoms with Gasteiger partial charge in [0.05, 0.1) is 11.6 Å². The maximum absolute atomic E-state index is 12.0. The van der Waals surface area contributed by atoms with Gasteiger partial charge in [0.2, 0.25) is 0 Å². The number of carboxylic acid groups (broad SMARTS) is 1. The van der Waals surface area contributed by atoms with Crippen LogP contribution < -0.4 is 0 Å². The molecule has 0 spiro atoms. The van der Waals surface area contributed by atoms with Gasteiger partial charge in [0, 0.05) is 11.2 Å². The Kier molecular flexibility index (Phi) is 4.33. The van der Waals surface area contributed by atoms with Gasteiger partial charge in [-0.2, -0.15) is 0 Å². The lowest BCUT2D eigenvalue weighted by Crippen LogP contribution is -2.18. The van der Waals surface area contributed by atoms with E-state index in [4.69, 9.17) is 0 Å². The molecule has 1 aromatic heterocycles. The summed E-state index contributed by atoms with van der Waals surface area (Å²) in [6.07, 6.45) is 0. The Bertz CT molecular complexity index is 826. The minimum absolute atomic E-state index is 0.467. The van der Waals surface area contributed by atoms with Crippen LogP contribution in [0.15, 0.2) is 60.7 Å². The molecule has 6 heteroatoms. The predicted octanol–water partition coefficient (Wildman–Crippen LogP) is 3.54. The number of para-hydroxylation sites is 1. The predicted molar refractivity (Wildman–Crippen MR) is 89.1 cm³/mol. The first-order valence-corrected chi connectivity index (χ1v) is 8.59. The summed E-state index contributed by atoms with van der Waals surface area (Å²) >= 11 is 0. The highest BCUT2D eigenvalue weighted by Gasteiger charge is 2.35. The highest BCUT2D eigenvalue weighted by molar-refractivity contribution is 7.38. The van der Waals surface area contributed by atoms with Crippen molar-refractivity contribution in [2.24, 2.45) is 0 Å². The molecule has 118 valence electrons. The summed E-state index contributed by atoms with van der Waals surface area (Å²) in [5.41, 5.74) is 0.783. The van der Waals surface area contributed by atoms with E-state index in [9.17, 15) is 19.4 Å². The fourth-order valence-corrected chi connectivity index (χ4v) is 3.90. The fraction of sp³-hybridized carbons (Fsp3) is 0.118. The lowest BCUT2D eigenvalue weighted by Gasteiger charge is -2.21. The minimum Gasteiger partial charge on any atom is -0.481 e. The second-order valence-electron chi connectivity index (χ2n) is 5.35. The van der Waals surface area contributed by atoms with Gasteiger partial charge in [-0.15, -0.1) is 0 Å². The Labute approximate surface area is 133 Å². The van der Waals surface area contributed by atoms with Crippen LogP contribution >= 0.6 is 8.03 Å². The molecule has 0 aliphatic carbocycles. The minimum atomic E-state index is -3.12. The summed E-state index contributed by atoms with van der Waals surface area (Å²) in [5.74, 6) is -2.20. The maximum Gasteiger partial charge on any atom is 0.312 e. The summed E-state index contributed by atoms with van der Waals surface area (Å²) in [7, 11) is -3.12. The van der Waals surface area contributed by atoms with E-state index >= 15 is 0 Å². The monoisotopic (exact) mass is 329 g/mol. The summed E-state index contributed by atoms with van der Waals surface area (Å²) in [6.45, 7) is 0. The largest absolute Gasteiger partial charge is 0.481 e. The molecule has 3 N–H and O–H groups in total. The first-order chi connectivity index (χ1) is 11.1. The zero-order valence-electron chi connectivity index (χ0n) is 12.1. The molecule has 3 unspecified atom stereocenters. The van der Waals surface area contributed by atoms with Crippen molar-refractivity contribution in [2.45, 2.75) is 11.6 Å². The van der Waals surface area contributed by atoms with E-state index in [0.29, 0.717) is 11.3 Å². The van der Waals surface area contributed by atoms with E-state index in [2.05, 4.69) is 4.98 Å². The number of fused-ring (bicyclic) bond motifs is 1. The number of hydrogen-bond donors (Lipinski definition) is 3. The van der Waals surface area contributed by atoms with Crippen molar-refractivity contribution in [1.82, 2.24) is 4.98 Å². The van der Waals surface area contributed by atoms with Gasteiger partial charge in [-0.05, 0) is 23.1 Å². The highest BCUT2D eigenvalue weighted by atomic mass is 31.1. The van der Waals surface area contributed by atoms with Crippen LogP contribution in [0.5, 0.6) is 0 Å². The molecule has 0 aliphatic rings. The van der Waals surface area contributed by atoms with E-state index < -0.39 is 25.6 Å². The van der Waals surface area contributed by atoms with Crippen molar-refractivity contribution in [2.75, 3.05) is 0 Å². The molecule has 3 aromatic rings. The highest BCUT2D eigenvalue weighted by Crippen LogP contribution is 2.48. The number of carbonyl (C=O) groups is 1. The molecule has 3 rings (SSSR count). The molecule has 5 nitrogen and oxygen atoms in total. The third-order valence-corrected chi connectivity index (χ3v) is 5.09. The maximum atomic E-state index is 12.0. The first kappa shape index (κ1) is 15.5. The van der Waals surface area contributed by atoms with Crippen LogP contribution in [0, 0.1) is 0 Å². The Morgan fingerprint density at radius 1 is 1.04 bits per heavy atom. The molecule has 0 amide bonds. The van der Waals surface area contributed by atoms with Gasteiger partial charge in [-0.1, -0.05) is 48.5 Å². The van der Waals surface area contributed by atoms with Gasteiger partial charge in [-0.3, -0.25) is 9.36 Å². The van der Waals surface area contributed by atoms with Crippen LogP contribution in [0.3, 0.4) is 0 Å². The molecule has 0 saturated heterocycles. The number of aromatic amines is 1. The molecule has 0 bridgehead atoms. The van der Waals surface area contributed by atoms with Crippen molar-refractivity contribution < 1.29 is 19.4 Å². The molecular formula is C17H16NO4P. The second-order valence-corrected chi connectivity index (χ2v) is 6.65. The van der Waals surface area contributed by atoms with Gasteiger partial charge in [0.15, 0.2) is 8.03 Å². The van der Waals surface area contributed by atoms with E-state index in [0.717, 1.165) is 10.9 Å². The molecule has 0 fully saturated rings. The smallest absolute Gasteiger partial charge is 0.312 e. The van der Waals surface area contributed by atoms with Gasteiger partial charge in [0.1, 0.15) is 0 Å². The average molecular weight is 329 g/mol. The lowest BCUT2D eigenvalue weighted by molar-refractivity contribution is -0.139. The molecular weight excluding hydrogens is 313 g/mol. The molecule has 0 aliphatic heterocycles. The number of hydrogen-bond acceptors (Lipinski definition) is 2. The van der Waals surface area contributed by atoms with Crippen LogP contribution in [-0.4, -0.2) is 21.0 Å². The van der Waals surface area contributed by atoms with E-state index in [1.807, 2.05) is 24.3 Å². The molecule has 0 saturated carbocycles. The summed E-state index contributed by atoms with van der Waals surface area (Å²) in [4.78, 5) is 24.7. The van der Waals surface area contributed by atoms with Crippen molar-refractivity contribution in [3.05, 3.63) is 71.9 Å². The SMILES string of the molecule is O=C(O)C(c1ccccc1)C(c1cc2ccccc2[nH]1)[PH](=O)O. The van der Waals surface area contributed by atoms with Gasteiger partial charge < -0.3 is 15.0 Å². The van der Waals surface area contributed by atoms with Crippen LogP contribution in [0.1, 0.15) is 22.8 Å². The number of aromatic nitrogens is 1. The van der Waals surface area contributed by atoms with Crippen LogP contribution in [-0.2, 0) is 9.36 Å². The molecule has 1 heterocycles. The Morgan fingerprint density at radius 3 is 2.30 bits per heavy atom. The number of benzene rings is 2. The fourth-order valence-electron chi connectivity index (χ4n) is 2.86. The number of nitrogens with one attached hydrogen (secondary N) is 1. The van der Waals surface area contributed by atoms with E-state index in [-0.39, 0.29) is 0 Å². The van der Waals surface area contributed by atoms with Crippen molar-refractivity contribution in [3.8, 4) is 0 Å². The van der Waals surface area contributed by atoms with Gasteiger partial charge in [-0.25, -0.2) is 0 Å². The summed E-state index contributed by atoms with van der Waals surface area (Å²) in [6, 6.07) is 17.7. The zero-order valence-corrected chi connectivity index (χ0v) is 13.1. The Balaban J connectivity index is 2.12. The van der Waals surface area contributed by atoms with E-state index in [1.165, 1.54) is 0 Å². The molecule has 3 atom stereocenters. The first-order valence-electron chi connectivity index (χ1n) is 7.16. The van der Waals surface area contributed by atoms with Crippen molar-refractivity contribution in [3.63, 3.8) is 0 Å². The lowest BCUT2D eigenvalue weighted by atomic mass is 9.94. The average Bonchev–Trinajstić information content (AvgIpc) is 2.95. The standard InChI is InChI=1S/C17H16NO4P/c19-17(20)15(11-6-2-1-3-7-11)16(23(21)22)14-10-12-8-4-5-9-13(12)18-14/h1-10,15-16,18,23H,(H,19,20)(H,21,22). The topological polar surface area (TPSA) is 90.4 Å². The number of carboxylic acids is 1. The third kappa shape index (κ3) is 3.07. The van der Waals surface area contributed by atoms with Crippen molar-refractivity contribution in [1.29, 1.82) is 0 Å². The number of rotatable bonds is 5. The van der Waals surface area contributed by atoms with Crippen LogP contribution in [0.25, 0.3) is 10.9 Å². The molecule has 2 aromatic carbocycles. The summed E-state index contributed by atoms with van der Waals surface area (Å²) in [5, 5.41) is 10.5. The second kappa shape index (κ2) is 6.41. The number of aliphatic carboxylic acids is 1. The van der Waals surface area contributed by atoms with Crippen molar-refractivity contribution >= 4 is 24.9 Å². The normalized spacial score (nSPS) is 15.2. The van der Waals surface area contributed by atoms with E-state index in [1.54, 1.807) is 36.4 Å². The number of H-pyrrole nitrogens is 1. The molecule has 0 radical (unpaired) electrons. The molecule has 23 heavy (non-hydrogen) atoms. The van der Waals surface area contributed by atoms with Crippen LogP contribution in [0.2, 0.25) is 0 Å².